The van der Waals surface area contributed by atoms with Crippen LogP contribution in [0.3, 0.4) is 0 Å². The Morgan fingerprint density at radius 3 is 2.67 bits per heavy atom. The first-order valence-corrected chi connectivity index (χ1v) is 5.50. The third kappa shape index (κ3) is 2.88. The largest absolute Gasteiger partial charge is 0.271 e. The number of hydrogen-bond donors (Lipinski definition) is 2. The number of nitrogens with zero attached hydrogens (tertiary/aromatic N) is 1. The molecule has 94 valence electrons. The molecule has 1 unspecified atom stereocenters. The molecule has 1 aromatic carbocycles. The van der Waals surface area contributed by atoms with Crippen molar-refractivity contribution in [3.8, 4) is 0 Å². The van der Waals surface area contributed by atoms with Gasteiger partial charge < -0.3 is 0 Å². The number of aromatic nitrogens is 1. The van der Waals surface area contributed by atoms with Gasteiger partial charge in [-0.25, -0.2) is 8.78 Å². The van der Waals surface area contributed by atoms with E-state index < -0.39 is 11.6 Å². The van der Waals surface area contributed by atoms with Crippen LogP contribution in [-0.2, 0) is 6.42 Å². The molecule has 1 heterocycles. The summed E-state index contributed by atoms with van der Waals surface area (Å²) in [5.41, 5.74) is 4.21. The van der Waals surface area contributed by atoms with Crippen LogP contribution in [0.15, 0.2) is 42.7 Å². The number of nitrogens with one attached hydrogen (secondary N) is 1. The zero-order valence-electron chi connectivity index (χ0n) is 9.61. The maximum Gasteiger partial charge on any atom is 0.159 e. The number of halogens is 2. The summed E-state index contributed by atoms with van der Waals surface area (Å²) in [5, 5.41) is 0. The van der Waals surface area contributed by atoms with Crippen LogP contribution >= 0.6 is 0 Å². The van der Waals surface area contributed by atoms with Gasteiger partial charge in [-0.05, 0) is 35.7 Å². The average molecular weight is 249 g/mol. The van der Waals surface area contributed by atoms with E-state index in [4.69, 9.17) is 5.84 Å². The third-order valence-electron chi connectivity index (χ3n) is 2.71. The van der Waals surface area contributed by atoms with Crippen LogP contribution in [0.1, 0.15) is 17.2 Å². The maximum atomic E-state index is 13.1. The van der Waals surface area contributed by atoms with Gasteiger partial charge in [0.2, 0.25) is 0 Å². The highest BCUT2D eigenvalue weighted by Crippen LogP contribution is 2.18. The number of nitrogens with two attached hydrogens (primary N) is 1. The van der Waals surface area contributed by atoms with Crippen molar-refractivity contribution in [1.82, 2.24) is 10.4 Å². The fourth-order valence-electron chi connectivity index (χ4n) is 1.76. The molecule has 0 saturated heterocycles. The minimum atomic E-state index is -0.852. The Hall–Kier alpha value is -1.85. The average Bonchev–Trinajstić information content (AvgIpc) is 2.41. The summed E-state index contributed by atoms with van der Waals surface area (Å²) < 4.78 is 25.9. The molecule has 0 saturated carbocycles. The summed E-state index contributed by atoms with van der Waals surface area (Å²) in [6.07, 6.45) is 3.80. The predicted octanol–water partition coefficient (Wildman–Crippen LogP) is 2.11. The first-order chi connectivity index (χ1) is 8.70. The van der Waals surface area contributed by atoms with Gasteiger partial charge in [0.15, 0.2) is 11.6 Å². The van der Waals surface area contributed by atoms with E-state index in [9.17, 15) is 8.78 Å². The van der Waals surface area contributed by atoms with Gasteiger partial charge in [-0.15, -0.1) is 0 Å². The van der Waals surface area contributed by atoms with Gasteiger partial charge in [-0.1, -0.05) is 12.1 Å². The SMILES string of the molecule is NNC(Cc1ccc(F)c(F)c1)c1cccnc1. The van der Waals surface area contributed by atoms with E-state index in [0.29, 0.717) is 12.0 Å². The van der Waals surface area contributed by atoms with Gasteiger partial charge in [0.25, 0.3) is 0 Å². The first-order valence-electron chi connectivity index (χ1n) is 5.50. The molecule has 0 spiro atoms. The molecule has 18 heavy (non-hydrogen) atoms. The third-order valence-corrected chi connectivity index (χ3v) is 2.71. The molecule has 2 rings (SSSR count). The molecule has 1 atom stereocenters. The fourth-order valence-corrected chi connectivity index (χ4v) is 1.76. The first kappa shape index (κ1) is 12.6. The van der Waals surface area contributed by atoms with Crippen molar-refractivity contribution in [3.63, 3.8) is 0 Å². The van der Waals surface area contributed by atoms with Gasteiger partial charge in [0.05, 0.1) is 6.04 Å². The predicted molar refractivity (Wildman–Crippen MR) is 64.4 cm³/mol. The van der Waals surface area contributed by atoms with E-state index in [2.05, 4.69) is 10.4 Å². The minimum absolute atomic E-state index is 0.191. The van der Waals surface area contributed by atoms with E-state index in [-0.39, 0.29) is 6.04 Å². The highest BCUT2D eigenvalue weighted by molar-refractivity contribution is 5.22. The number of hydrazine groups is 1. The molecule has 0 bridgehead atoms. The Morgan fingerprint density at radius 2 is 2.06 bits per heavy atom. The standard InChI is InChI=1S/C13H13F2N3/c14-11-4-3-9(6-12(11)15)7-13(18-16)10-2-1-5-17-8-10/h1-6,8,13,18H,7,16H2. The van der Waals surface area contributed by atoms with Crippen LogP contribution in [-0.4, -0.2) is 4.98 Å². The second kappa shape index (κ2) is 5.66. The molecule has 0 radical (unpaired) electrons. The van der Waals surface area contributed by atoms with E-state index in [1.165, 1.54) is 6.07 Å². The molecule has 3 N–H and O–H groups in total. The van der Waals surface area contributed by atoms with Crippen molar-refractivity contribution in [1.29, 1.82) is 0 Å². The van der Waals surface area contributed by atoms with Crippen LogP contribution in [0.2, 0.25) is 0 Å². The van der Waals surface area contributed by atoms with Crippen molar-refractivity contribution in [2.45, 2.75) is 12.5 Å². The number of pyridine rings is 1. The summed E-state index contributed by atoms with van der Waals surface area (Å²) in [6.45, 7) is 0. The van der Waals surface area contributed by atoms with Gasteiger partial charge >= 0.3 is 0 Å². The van der Waals surface area contributed by atoms with Crippen molar-refractivity contribution >= 4 is 0 Å². The number of hydrogen-bond acceptors (Lipinski definition) is 3. The lowest BCUT2D eigenvalue weighted by Gasteiger charge is -2.16. The Labute approximate surface area is 104 Å². The molecule has 1 aromatic heterocycles. The smallest absolute Gasteiger partial charge is 0.159 e. The minimum Gasteiger partial charge on any atom is -0.271 e. The maximum absolute atomic E-state index is 13.1. The number of rotatable bonds is 4. The molecular formula is C13H13F2N3. The molecular weight excluding hydrogens is 236 g/mol. The summed E-state index contributed by atoms with van der Waals surface area (Å²) in [4.78, 5) is 4.00. The quantitative estimate of drug-likeness (QED) is 0.644. The van der Waals surface area contributed by atoms with Gasteiger partial charge in [-0.2, -0.15) is 0 Å². The monoisotopic (exact) mass is 249 g/mol. The zero-order valence-corrected chi connectivity index (χ0v) is 9.61. The van der Waals surface area contributed by atoms with E-state index in [1.54, 1.807) is 24.5 Å². The topological polar surface area (TPSA) is 50.9 Å². The molecule has 3 nitrogen and oxygen atoms in total. The molecule has 2 aromatic rings. The summed E-state index contributed by atoms with van der Waals surface area (Å²) >= 11 is 0. The Balaban J connectivity index is 2.18. The van der Waals surface area contributed by atoms with Gasteiger partial charge in [-0.3, -0.25) is 16.3 Å². The van der Waals surface area contributed by atoms with E-state index in [1.807, 2.05) is 6.07 Å². The molecule has 0 amide bonds. The van der Waals surface area contributed by atoms with Crippen molar-refractivity contribution in [2.75, 3.05) is 0 Å². The highest BCUT2D eigenvalue weighted by atomic mass is 19.2. The second-order valence-electron chi connectivity index (χ2n) is 3.96. The van der Waals surface area contributed by atoms with E-state index in [0.717, 1.165) is 11.6 Å². The summed E-state index contributed by atoms with van der Waals surface area (Å²) in [7, 11) is 0. The van der Waals surface area contributed by atoms with Crippen molar-refractivity contribution in [3.05, 3.63) is 65.5 Å². The Kier molecular flexibility index (Phi) is 3.96. The molecule has 0 aliphatic carbocycles. The van der Waals surface area contributed by atoms with Crippen molar-refractivity contribution in [2.24, 2.45) is 5.84 Å². The van der Waals surface area contributed by atoms with Crippen LogP contribution in [0.25, 0.3) is 0 Å². The lowest BCUT2D eigenvalue weighted by molar-refractivity contribution is 0.502. The highest BCUT2D eigenvalue weighted by Gasteiger charge is 2.12. The molecule has 5 heteroatoms. The fraction of sp³-hybridized carbons (Fsp3) is 0.154. The summed E-state index contributed by atoms with van der Waals surface area (Å²) in [6, 6.07) is 7.31. The lowest BCUT2D eigenvalue weighted by Crippen LogP contribution is -2.29. The van der Waals surface area contributed by atoms with Gasteiger partial charge in [0.1, 0.15) is 0 Å². The molecule has 0 fully saturated rings. The van der Waals surface area contributed by atoms with Gasteiger partial charge in [0, 0.05) is 12.4 Å². The van der Waals surface area contributed by atoms with Crippen LogP contribution in [0.5, 0.6) is 0 Å². The molecule has 0 aliphatic heterocycles. The zero-order chi connectivity index (χ0) is 13.0. The van der Waals surface area contributed by atoms with Crippen LogP contribution in [0.4, 0.5) is 8.78 Å². The second-order valence-corrected chi connectivity index (χ2v) is 3.96. The normalized spacial score (nSPS) is 12.4. The number of benzene rings is 1. The van der Waals surface area contributed by atoms with Crippen molar-refractivity contribution < 1.29 is 8.78 Å². The Morgan fingerprint density at radius 1 is 1.22 bits per heavy atom. The Bertz CT molecular complexity index is 517. The lowest BCUT2D eigenvalue weighted by atomic mass is 10.0. The van der Waals surface area contributed by atoms with E-state index >= 15 is 0 Å². The van der Waals surface area contributed by atoms with Crippen LogP contribution in [0, 0.1) is 11.6 Å². The van der Waals surface area contributed by atoms with Crippen LogP contribution < -0.4 is 11.3 Å². The molecule has 0 aliphatic rings. The summed E-state index contributed by atoms with van der Waals surface area (Å²) in [5.74, 6) is 3.77.